The highest BCUT2D eigenvalue weighted by Gasteiger charge is 2.04. The Hall–Kier alpha value is -2.14. The van der Waals surface area contributed by atoms with Gasteiger partial charge in [-0.3, -0.25) is 4.98 Å². The fourth-order valence-electron chi connectivity index (χ4n) is 2.18. The molecule has 0 atom stereocenters. The van der Waals surface area contributed by atoms with Crippen LogP contribution in [-0.2, 0) is 0 Å². The minimum atomic E-state index is 0.848. The van der Waals surface area contributed by atoms with Crippen LogP contribution in [0.15, 0.2) is 53.3 Å². The van der Waals surface area contributed by atoms with Gasteiger partial charge in [-0.1, -0.05) is 12.1 Å². The van der Waals surface area contributed by atoms with E-state index < -0.39 is 0 Å². The number of rotatable bonds is 4. The molecule has 4 nitrogen and oxygen atoms in total. The van der Waals surface area contributed by atoms with E-state index >= 15 is 0 Å². The van der Waals surface area contributed by atoms with Gasteiger partial charge in [0.1, 0.15) is 5.82 Å². The van der Waals surface area contributed by atoms with Crippen LogP contribution in [-0.4, -0.2) is 16.5 Å². The topological polar surface area (TPSA) is 49.8 Å². The fraction of sp³-hybridized carbons (Fsp3) is 0.125. The number of halogens is 1. The van der Waals surface area contributed by atoms with E-state index in [2.05, 4.69) is 48.7 Å². The highest BCUT2D eigenvalue weighted by molar-refractivity contribution is 9.10. The van der Waals surface area contributed by atoms with Crippen LogP contribution in [0.4, 0.5) is 17.2 Å². The molecule has 3 aromatic rings. The SMILES string of the molecule is CCNc1cc(Nc2cccc3cc(Br)cnc23)ccn1. The van der Waals surface area contributed by atoms with E-state index in [1.807, 2.05) is 37.4 Å². The lowest BCUT2D eigenvalue weighted by Crippen LogP contribution is -2.00. The lowest BCUT2D eigenvalue weighted by molar-refractivity contribution is 1.16. The Kier molecular flexibility index (Phi) is 4.01. The number of nitrogens with zero attached hydrogens (tertiary/aromatic N) is 2. The number of para-hydroxylation sites is 1. The first kappa shape index (κ1) is 13.8. The summed E-state index contributed by atoms with van der Waals surface area (Å²) in [5.74, 6) is 0.860. The van der Waals surface area contributed by atoms with Gasteiger partial charge in [0.15, 0.2) is 0 Å². The maximum Gasteiger partial charge on any atom is 0.127 e. The Morgan fingerprint density at radius 3 is 2.90 bits per heavy atom. The number of fused-ring (bicyclic) bond motifs is 1. The first-order valence-electron chi connectivity index (χ1n) is 6.77. The zero-order valence-electron chi connectivity index (χ0n) is 11.6. The summed E-state index contributed by atoms with van der Waals surface area (Å²) < 4.78 is 0.977. The van der Waals surface area contributed by atoms with Gasteiger partial charge in [0.25, 0.3) is 0 Å². The van der Waals surface area contributed by atoms with Crippen molar-refractivity contribution >= 4 is 44.0 Å². The summed E-state index contributed by atoms with van der Waals surface area (Å²) in [7, 11) is 0. The number of hydrogen-bond acceptors (Lipinski definition) is 4. The summed E-state index contributed by atoms with van der Waals surface area (Å²) in [6, 6.07) is 12.1. The molecule has 0 saturated heterocycles. The van der Waals surface area contributed by atoms with Crippen LogP contribution in [0.2, 0.25) is 0 Å². The van der Waals surface area contributed by atoms with Crippen LogP contribution in [0, 0.1) is 0 Å². The van der Waals surface area contributed by atoms with E-state index in [1.54, 1.807) is 6.20 Å². The van der Waals surface area contributed by atoms with Crippen molar-refractivity contribution in [2.24, 2.45) is 0 Å². The Labute approximate surface area is 131 Å². The van der Waals surface area contributed by atoms with Gasteiger partial charge in [0.2, 0.25) is 0 Å². The molecular weight excluding hydrogens is 328 g/mol. The quantitative estimate of drug-likeness (QED) is 0.729. The molecule has 2 N–H and O–H groups in total. The molecule has 1 aromatic carbocycles. The maximum absolute atomic E-state index is 4.49. The zero-order chi connectivity index (χ0) is 14.7. The van der Waals surface area contributed by atoms with Crippen LogP contribution >= 0.6 is 15.9 Å². The molecule has 0 saturated carbocycles. The summed E-state index contributed by atoms with van der Waals surface area (Å²) in [4.78, 5) is 8.77. The molecule has 21 heavy (non-hydrogen) atoms. The molecule has 5 heteroatoms. The van der Waals surface area contributed by atoms with Gasteiger partial charge in [0.05, 0.1) is 11.2 Å². The monoisotopic (exact) mass is 342 g/mol. The van der Waals surface area contributed by atoms with Crippen LogP contribution in [0.1, 0.15) is 6.92 Å². The second-order valence-corrected chi connectivity index (χ2v) is 5.53. The predicted octanol–water partition coefficient (Wildman–Crippen LogP) is 4.57. The van der Waals surface area contributed by atoms with Crippen LogP contribution in [0.3, 0.4) is 0 Å². The van der Waals surface area contributed by atoms with E-state index in [0.717, 1.165) is 39.1 Å². The second kappa shape index (κ2) is 6.10. The molecule has 0 bridgehead atoms. The van der Waals surface area contributed by atoms with Crippen molar-refractivity contribution in [3.05, 3.63) is 53.3 Å². The molecule has 0 amide bonds. The number of anilines is 3. The standard InChI is InChI=1S/C16H15BrN4/c1-2-18-15-9-13(6-7-19-15)21-14-5-3-4-11-8-12(17)10-20-16(11)14/h3-10H,2H2,1H3,(H2,18,19,21). The fourth-order valence-corrected chi connectivity index (χ4v) is 2.53. The number of hydrogen-bond donors (Lipinski definition) is 2. The van der Waals surface area contributed by atoms with Crippen LogP contribution in [0.5, 0.6) is 0 Å². The molecule has 2 aromatic heterocycles. The van der Waals surface area contributed by atoms with Crippen molar-refractivity contribution in [2.45, 2.75) is 6.92 Å². The lowest BCUT2D eigenvalue weighted by atomic mass is 10.2. The molecule has 0 fully saturated rings. The maximum atomic E-state index is 4.49. The largest absolute Gasteiger partial charge is 0.370 e. The molecule has 0 radical (unpaired) electrons. The van der Waals surface area contributed by atoms with Crippen LogP contribution < -0.4 is 10.6 Å². The number of nitrogens with one attached hydrogen (secondary N) is 2. The van der Waals surface area contributed by atoms with Gasteiger partial charge in [0, 0.05) is 40.6 Å². The van der Waals surface area contributed by atoms with Gasteiger partial charge >= 0.3 is 0 Å². The molecule has 106 valence electrons. The van der Waals surface area contributed by atoms with Gasteiger partial charge in [-0.15, -0.1) is 0 Å². The van der Waals surface area contributed by atoms with E-state index in [1.165, 1.54) is 0 Å². The van der Waals surface area contributed by atoms with E-state index in [-0.39, 0.29) is 0 Å². The van der Waals surface area contributed by atoms with Crippen molar-refractivity contribution in [3.8, 4) is 0 Å². The third kappa shape index (κ3) is 3.13. The van der Waals surface area contributed by atoms with Gasteiger partial charge in [-0.2, -0.15) is 0 Å². The highest BCUT2D eigenvalue weighted by atomic mass is 79.9. The molecule has 0 aliphatic carbocycles. The van der Waals surface area contributed by atoms with E-state index in [0.29, 0.717) is 0 Å². The predicted molar refractivity (Wildman–Crippen MR) is 91.1 cm³/mol. The summed E-state index contributed by atoms with van der Waals surface area (Å²) in [6.07, 6.45) is 3.60. The molecule has 0 unspecified atom stereocenters. The van der Waals surface area contributed by atoms with Crippen molar-refractivity contribution in [1.82, 2.24) is 9.97 Å². The Morgan fingerprint density at radius 2 is 2.05 bits per heavy atom. The Bertz CT molecular complexity index is 773. The third-order valence-corrected chi connectivity index (χ3v) is 3.51. The summed E-state index contributed by atoms with van der Waals surface area (Å²) in [5.41, 5.74) is 2.91. The van der Waals surface area contributed by atoms with E-state index in [4.69, 9.17) is 0 Å². The number of benzene rings is 1. The zero-order valence-corrected chi connectivity index (χ0v) is 13.2. The molecular formula is C16H15BrN4. The molecule has 0 aliphatic heterocycles. The van der Waals surface area contributed by atoms with Gasteiger partial charge < -0.3 is 10.6 Å². The number of pyridine rings is 2. The normalized spacial score (nSPS) is 10.6. The summed E-state index contributed by atoms with van der Waals surface area (Å²) >= 11 is 3.45. The molecule has 0 aliphatic rings. The minimum absolute atomic E-state index is 0.848. The van der Waals surface area contributed by atoms with Crippen molar-refractivity contribution in [3.63, 3.8) is 0 Å². The molecule has 0 spiro atoms. The van der Waals surface area contributed by atoms with Gasteiger partial charge in [-0.05, 0) is 41.1 Å². The first-order valence-corrected chi connectivity index (χ1v) is 7.57. The van der Waals surface area contributed by atoms with Crippen molar-refractivity contribution < 1.29 is 0 Å². The van der Waals surface area contributed by atoms with E-state index in [9.17, 15) is 0 Å². The Balaban J connectivity index is 1.96. The average Bonchev–Trinajstić information content (AvgIpc) is 2.48. The molecule has 2 heterocycles. The van der Waals surface area contributed by atoms with Crippen molar-refractivity contribution in [1.29, 1.82) is 0 Å². The second-order valence-electron chi connectivity index (χ2n) is 4.62. The summed E-state index contributed by atoms with van der Waals surface area (Å²) in [6.45, 7) is 2.90. The van der Waals surface area contributed by atoms with Gasteiger partial charge in [-0.25, -0.2) is 4.98 Å². The third-order valence-electron chi connectivity index (χ3n) is 3.07. The van der Waals surface area contributed by atoms with Crippen molar-refractivity contribution in [2.75, 3.05) is 17.2 Å². The average molecular weight is 343 g/mol. The lowest BCUT2D eigenvalue weighted by Gasteiger charge is -2.10. The van der Waals surface area contributed by atoms with Crippen LogP contribution in [0.25, 0.3) is 10.9 Å². The molecule has 3 rings (SSSR count). The Morgan fingerprint density at radius 1 is 1.14 bits per heavy atom. The first-order chi connectivity index (χ1) is 10.3. The number of aromatic nitrogens is 2. The minimum Gasteiger partial charge on any atom is -0.370 e. The smallest absolute Gasteiger partial charge is 0.127 e. The highest BCUT2D eigenvalue weighted by Crippen LogP contribution is 2.27. The summed E-state index contributed by atoms with van der Waals surface area (Å²) in [5, 5.41) is 7.71.